The fourth-order valence-corrected chi connectivity index (χ4v) is 6.53. The highest BCUT2D eigenvalue weighted by molar-refractivity contribution is 9.10. The highest BCUT2D eigenvalue weighted by Crippen LogP contribution is 2.41. The Morgan fingerprint density at radius 2 is 1.95 bits per heavy atom. The molecule has 0 atom stereocenters. The fraction of sp³-hybridized carbons (Fsp3) is 0.185. The third-order valence-electron chi connectivity index (χ3n) is 6.18. The van der Waals surface area contributed by atoms with Crippen LogP contribution in [0.1, 0.15) is 22.3 Å². The second-order valence-corrected chi connectivity index (χ2v) is 12.0. The summed E-state index contributed by atoms with van der Waals surface area (Å²) in [5.41, 5.74) is 1.21. The van der Waals surface area contributed by atoms with E-state index in [9.17, 15) is 24.5 Å². The van der Waals surface area contributed by atoms with Gasteiger partial charge in [-0.05, 0) is 47.5 Å². The summed E-state index contributed by atoms with van der Waals surface area (Å²) in [6, 6.07) is 14.9. The number of nitro groups is 1. The molecule has 2 heterocycles. The van der Waals surface area contributed by atoms with Crippen molar-refractivity contribution in [3.63, 3.8) is 0 Å². The van der Waals surface area contributed by atoms with Gasteiger partial charge in [-0.15, -0.1) is 0 Å². The Morgan fingerprint density at radius 3 is 2.73 bits per heavy atom. The summed E-state index contributed by atoms with van der Waals surface area (Å²) in [7, 11) is 3.02. The van der Waals surface area contributed by atoms with Gasteiger partial charge < -0.3 is 14.6 Å². The van der Waals surface area contributed by atoms with E-state index >= 15 is 0 Å². The van der Waals surface area contributed by atoms with Gasteiger partial charge in [0.25, 0.3) is 11.2 Å². The number of nitro benzene ring substituents is 1. The van der Waals surface area contributed by atoms with Crippen molar-refractivity contribution < 1.29 is 19.2 Å². The smallest absolute Gasteiger partial charge is 0.407 e. The number of alkyl carbamates (subject to hydrolysis) is 1. The highest BCUT2D eigenvalue weighted by atomic mass is 79.9. The molecule has 0 radical (unpaired) electrons. The number of non-ortho nitro benzene ring substituents is 1. The first-order chi connectivity index (χ1) is 19.3. The molecular weight excluding hydrogens is 620 g/mol. The van der Waals surface area contributed by atoms with E-state index in [1.807, 2.05) is 18.2 Å². The first kappa shape index (κ1) is 27.9. The summed E-state index contributed by atoms with van der Waals surface area (Å²) in [6.45, 7) is 0.630. The van der Waals surface area contributed by atoms with Crippen LogP contribution in [0.2, 0.25) is 0 Å². The van der Waals surface area contributed by atoms with E-state index in [2.05, 4.69) is 26.2 Å². The monoisotopic (exact) mass is 640 g/mol. The van der Waals surface area contributed by atoms with Crippen LogP contribution in [-0.4, -0.2) is 45.3 Å². The van der Waals surface area contributed by atoms with Gasteiger partial charge in [0.1, 0.15) is 11.6 Å². The van der Waals surface area contributed by atoms with Crippen LogP contribution in [0.5, 0.6) is 0 Å². The van der Waals surface area contributed by atoms with Crippen molar-refractivity contribution in [1.29, 1.82) is 0 Å². The van der Waals surface area contributed by atoms with E-state index in [4.69, 9.17) is 4.74 Å². The molecule has 13 heteroatoms. The van der Waals surface area contributed by atoms with Gasteiger partial charge in [0.15, 0.2) is 5.78 Å². The SMILES string of the molecule is O=C(NCCCn1c2c(c3ccc([N+](=O)[O-])cc3c1=O)C(=O)c1cc(Br)ccc1-2)OCCSSc1ccccn1. The van der Waals surface area contributed by atoms with Crippen molar-refractivity contribution in [2.75, 3.05) is 18.9 Å². The Kier molecular flexibility index (Phi) is 8.52. The summed E-state index contributed by atoms with van der Waals surface area (Å²) in [5, 5.41) is 15.4. The number of carbonyl (C=O) groups excluding carboxylic acids is 2. The van der Waals surface area contributed by atoms with Crippen LogP contribution >= 0.6 is 37.5 Å². The van der Waals surface area contributed by atoms with Crippen LogP contribution in [0, 0.1) is 10.1 Å². The largest absolute Gasteiger partial charge is 0.449 e. The van der Waals surface area contributed by atoms with Gasteiger partial charge in [-0.3, -0.25) is 19.7 Å². The minimum Gasteiger partial charge on any atom is -0.449 e. The van der Waals surface area contributed by atoms with Gasteiger partial charge in [0.05, 0.1) is 21.6 Å². The number of ether oxygens (including phenoxy) is 1. The Balaban J connectivity index is 1.28. The average Bonchev–Trinajstić information content (AvgIpc) is 3.24. The Bertz CT molecular complexity index is 1700. The molecule has 40 heavy (non-hydrogen) atoms. The first-order valence-corrected chi connectivity index (χ1v) is 15.3. The summed E-state index contributed by atoms with van der Waals surface area (Å²) in [4.78, 5) is 54.1. The van der Waals surface area contributed by atoms with E-state index < -0.39 is 16.6 Å². The van der Waals surface area contributed by atoms with Crippen molar-refractivity contribution in [1.82, 2.24) is 14.9 Å². The van der Waals surface area contributed by atoms with Crippen LogP contribution in [0.25, 0.3) is 22.0 Å². The molecule has 0 fully saturated rings. The maximum Gasteiger partial charge on any atom is 0.407 e. The van der Waals surface area contributed by atoms with E-state index in [0.717, 1.165) is 9.50 Å². The van der Waals surface area contributed by atoms with Gasteiger partial charge >= 0.3 is 6.09 Å². The number of rotatable bonds is 10. The lowest BCUT2D eigenvalue weighted by Crippen LogP contribution is -2.29. The molecule has 10 nitrogen and oxygen atoms in total. The molecule has 2 aromatic carbocycles. The lowest BCUT2D eigenvalue weighted by atomic mass is 10.0. The molecule has 0 saturated carbocycles. The molecule has 0 aliphatic heterocycles. The number of amides is 1. The number of hydrogen-bond donors (Lipinski definition) is 1. The van der Waals surface area contributed by atoms with Crippen molar-refractivity contribution in [2.45, 2.75) is 18.0 Å². The topological polar surface area (TPSA) is 133 Å². The van der Waals surface area contributed by atoms with Crippen LogP contribution in [0.15, 0.2) is 75.1 Å². The third-order valence-corrected chi connectivity index (χ3v) is 8.91. The van der Waals surface area contributed by atoms with Crippen LogP contribution < -0.4 is 10.9 Å². The number of ketones is 1. The standard InChI is InChI=1S/C27H21BrN4O6S2/c28-16-5-7-19-20(14-16)25(33)23-18-8-6-17(32(36)37)15-21(18)26(34)31(24(19)23)11-3-10-30-27(35)38-12-13-39-40-22-4-1-2-9-29-22/h1-2,4-9,14-15H,3,10-13H2,(H,30,35). The van der Waals surface area contributed by atoms with Gasteiger partial charge in [0.2, 0.25) is 0 Å². The zero-order valence-corrected chi connectivity index (χ0v) is 24.0. The Morgan fingerprint density at radius 1 is 1.10 bits per heavy atom. The van der Waals surface area contributed by atoms with Gasteiger partial charge in [-0.1, -0.05) is 38.9 Å². The maximum atomic E-state index is 13.6. The zero-order valence-electron chi connectivity index (χ0n) is 20.8. The van der Waals surface area contributed by atoms with Crippen LogP contribution in [-0.2, 0) is 11.3 Å². The second-order valence-electron chi connectivity index (χ2n) is 8.68. The predicted molar refractivity (Wildman–Crippen MR) is 158 cm³/mol. The van der Waals surface area contributed by atoms with Gasteiger partial charge in [-0.25, -0.2) is 9.78 Å². The van der Waals surface area contributed by atoms with Crippen molar-refractivity contribution in [2.24, 2.45) is 0 Å². The Hall–Kier alpha value is -3.68. The molecule has 5 rings (SSSR count). The maximum absolute atomic E-state index is 13.6. The quantitative estimate of drug-likeness (QED) is 0.0865. The molecule has 2 aromatic heterocycles. The lowest BCUT2D eigenvalue weighted by Gasteiger charge is -2.15. The van der Waals surface area contributed by atoms with Crippen molar-refractivity contribution in [3.05, 3.63) is 96.9 Å². The average molecular weight is 642 g/mol. The first-order valence-electron chi connectivity index (χ1n) is 12.2. The minimum absolute atomic E-state index is 0.0987. The number of nitrogens with one attached hydrogen (secondary N) is 1. The van der Waals surface area contributed by atoms with Crippen LogP contribution in [0.3, 0.4) is 0 Å². The molecule has 0 spiro atoms. The number of pyridine rings is 2. The fourth-order valence-electron chi connectivity index (χ4n) is 4.46. The number of fused-ring (bicyclic) bond motifs is 5. The molecule has 1 aliphatic rings. The Labute approximate surface area is 244 Å². The zero-order chi connectivity index (χ0) is 28.2. The highest BCUT2D eigenvalue weighted by Gasteiger charge is 2.33. The van der Waals surface area contributed by atoms with E-state index in [0.29, 0.717) is 39.9 Å². The molecule has 0 bridgehead atoms. The molecule has 204 valence electrons. The number of aromatic nitrogens is 2. The van der Waals surface area contributed by atoms with Crippen molar-refractivity contribution in [3.8, 4) is 11.3 Å². The third kappa shape index (κ3) is 5.76. The number of hydrogen-bond acceptors (Lipinski definition) is 9. The minimum atomic E-state index is -0.574. The normalized spacial score (nSPS) is 11.8. The number of carbonyl (C=O) groups is 2. The van der Waals surface area contributed by atoms with Crippen molar-refractivity contribution >= 4 is 65.9 Å². The summed E-state index contributed by atoms with van der Waals surface area (Å²) >= 11 is 3.39. The molecule has 1 N–H and O–H groups in total. The molecular formula is C27H21BrN4O6S2. The van der Waals surface area contributed by atoms with Gasteiger partial charge in [0, 0.05) is 58.2 Å². The molecule has 0 unspecified atom stereocenters. The molecule has 1 aliphatic carbocycles. The number of halogens is 1. The molecule has 0 saturated heterocycles. The predicted octanol–water partition coefficient (Wildman–Crippen LogP) is 5.84. The molecule has 1 amide bonds. The second kappa shape index (κ2) is 12.2. The van der Waals surface area contributed by atoms with E-state index in [1.165, 1.54) is 44.4 Å². The van der Waals surface area contributed by atoms with E-state index in [1.54, 1.807) is 24.4 Å². The van der Waals surface area contributed by atoms with Gasteiger partial charge in [-0.2, -0.15) is 0 Å². The number of nitrogens with zero attached hydrogens (tertiary/aromatic N) is 3. The lowest BCUT2D eigenvalue weighted by molar-refractivity contribution is -0.384. The van der Waals surface area contributed by atoms with E-state index in [-0.39, 0.29) is 36.6 Å². The van der Waals surface area contributed by atoms with Crippen LogP contribution in [0.4, 0.5) is 10.5 Å². The molecule has 4 aromatic rings. The summed E-state index contributed by atoms with van der Waals surface area (Å²) < 4.78 is 7.40. The summed E-state index contributed by atoms with van der Waals surface area (Å²) in [6.07, 6.45) is 1.51. The summed E-state index contributed by atoms with van der Waals surface area (Å²) in [5.74, 6) is 0.336. The number of benzene rings is 2.